The Morgan fingerprint density at radius 2 is 2.06 bits per heavy atom. The molecule has 0 saturated carbocycles. The summed E-state index contributed by atoms with van der Waals surface area (Å²) in [5, 5.41) is 3.10. The molecular formula is C13H16N4. The van der Waals surface area contributed by atoms with Crippen molar-refractivity contribution in [3.8, 4) is 0 Å². The van der Waals surface area contributed by atoms with E-state index >= 15 is 0 Å². The highest BCUT2D eigenvalue weighted by Gasteiger charge is 2.03. The molecule has 2 heterocycles. The van der Waals surface area contributed by atoms with Crippen LogP contribution in [0.4, 0.5) is 0 Å². The average Bonchev–Trinajstić information content (AvgIpc) is 2.30. The SMILES string of the molecule is CNCc1cc(C)nc(Cc2ccccn2)n1. The van der Waals surface area contributed by atoms with Crippen LogP contribution in [-0.4, -0.2) is 22.0 Å². The Morgan fingerprint density at radius 3 is 2.76 bits per heavy atom. The number of pyridine rings is 1. The van der Waals surface area contributed by atoms with E-state index in [-0.39, 0.29) is 0 Å². The molecule has 2 aromatic rings. The van der Waals surface area contributed by atoms with Crippen LogP contribution >= 0.6 is 0 Å². The molecule has 0 aliphatic heterocycles. The summed E-state index contributed by atoms with van der Waals surface area (Å²) in [7, 11) is 1.91. The Hall–Kier alpha value is -1.81. The molecule has 1 N–H and O–H groups in total. The summed E-state index contributed by atoms with van der Waals surface area (Å²) in [4.78, 5) is 13.2. The maximum atomic E-state index is 4.50. The number of aromatic nitrogens is 3. The number of rotatable bonds is 4. The standard InChI is InChI=1S/C13H16N4/c1-10-7-12(9-14-2)17-13(16-10)8-11-5-3-4-6-15-11/h3-7,14H,8-9H2,1-2H3. The number of hydrogen-bond donors (Lipinski definition) is 1. The zero-order valence-corrected chi connectivity index (χ0v) is 10.1. The first-order valence-electron chi connectivity index (χ1n) is 5.66. The number of nitrogens with one attached hydrogen (secondary N) is 1. The van der Waals surface area contributed by atoms with Crippen LogP contribution in [0.2, 0.25) is 0 Å². The van der Waals surface area contributed by atoms with Gasteiger partial charge in [-0.25, -0.2) is 9.97 Å². The molecule has 0 unspecified atom stereocenters. The Labute approximate surface area is 101 Å². The van der Waals surface area contributed by atoms with E-state index in [1.54, 1.807) is 6.20 Å². The highest BCUT2D eigenvalue weighted by Crippen LogP contribution is 2.05. The molecule has 4 nitrogen and oxygen atoms in total. The molecule has 17 heavy (non-hydrogen) atoms. The quantitative estimate of drug-likeness (QED) is 0.861. The van der Waals surface area contributed by atoms with Gasteiger partial charge in [0.1, 0.15) is 5.82 Å². The first-order chi connectivity index (χ1) is 8.28. The molecule has 0 aliphatic carbocycles. The molecule has 2 aromatic heterocycles. The van der Waals surface area contributed by atoms with Gasteiger partial charge in [-0.15, -0.1) is 0 Å². The van der Waals surface area contributed by atoms with Gasteiger partial charge in [0.05, 0.1) is 12.1 Å². The molecule has 88 valence electrons. The monoisotopic (exact) mass is 228 g/mol. The predicted octanol–water partition coefficient (Wildman–Crippen LogP) is 1.49. The van der Waals surface area contributed by atoms with Crippen LogP contribution in [0.3, 0.4) is 0 Å². The molecule has 0 spiro atoms. The lowest BCUT2D eigenvalue weighted by molar-refractivity contribution is 0.765. The third-order valence-corrected chi connectivity index (χ3v) is 2.38. The van der Waals surface area contributed by atoms with E-state index in [1.165, 1.54) is 0 Å². The van der Waals surface area contributed by atoms with E-state index in [9.17, 15) is 0 Å². The van der Waals surface area contributed by atoms with E-state index in [0.29, 0.717) is 6.42 Å². The fourth-order valence-electron chi connectivity index (χ4n) is 1.72. The van der Waals surface area contributed by atoms with Crippen molar-refractivity contribution in [1.29, 1.82) is 0 Å². The smallest absolute Gasteiger partial charge is 0.134 e. The van der Waals surface area contributed by atoms with Gasteiger partial charge in [-0.2, -0.15) is 0 Å². The van der Waals surface area contributed by atoms with Crippen molar-refractivity contribution in [3.05, 3.63) is 53.4 Å². The second-order valence-corrected chi connectivity index (χ2v) is 3.95. The normalized spacial score (nSPS) is 10.5. The summed E-state index contributed by atoms with van der Waals surface area (Å²) >= 11 is 0. The van der Waals surface area contributed by atoms with Gasteiger partial charge in [0.25, 0.3) is 0 Å². The Balaban J connectivity index is 2.21. The molecule has 0 fully saturated rings. The molecule has 4 heteroatoms. The third-order valence-electron chi connectivity index (χ3n) is 2.38. The van der Waals surface area contributed by atoms with Gasteiger partial charge in [0.2, 0.25) is 0 Å². The third kappa shape index (κ3) is 3.32. The van der Waals surface area contributed by atoms with Gasteiger partial charge in [0, 0.05) is 24.1 Å². The van der Waals surface area contributed by atoms with Gasteiger partial charge in [-0.1, -0.05) is 6.07 Å². The molecule has 0 amide bonds. The lowest BCUT2D eigenvalue weighted by atomic mass is 10.2. The summed E-state index contributed by atoms with van der Waals surface area (Å²) < 4.78 is 0. The number of hydrogen-bond acceptors (Lipinski definition) is 4. The summed E-state index contributed by atoms with van der Waals surface area (Å²) in [5.74, 6) is 0.828. The van der Waals surface area contributed by atoms with Gasteiger partial charge < -0.3 is 5.32 Å². The van der Waals surface area contributed by atoms with Gasteiger partial charge >= 0.3 is 0 Å². The summed E-state index contributed by atoms with van der Waals surface area (Å²) in [5.41, 5.74) is 3.01. The zero-order valence-electron chi connectivity index (χ0n) is 10.1. The highest BCUT2D eigenvalue weighted by atomic mass is 14.9. The Bertz CT molecular complexity index is 482. The molecule has 0 saturated heterocycles. The van der Waals surface area contributed by atoms with Crippen molar-refractivity contribution in [2.24, 2.45) is 0 Å². The molecule has 0 atom stereocenters. The Morgan fingerprint density at radius 1 is 1.18 bits per heavy atom. The number of nitrogens with zero attached hydrogens (tertiary/aromatic N) is 3. The maximum Gasteiger partial charge on any atom is 0.134 e. The molecule has 0 bridgehead atoms. The van der Waals surface area contributed by atoms with E-state index < -0.39 is 0 Å². The van der Waals surface area contributed by atoms with Crippen molar-refractivity contribution in [2.75, 3.05) is 7.05 Å². The second-order valence-electron chi connectivity index (χ2n) is 3.95. The first kappa shape index (κ1) is 11.7. The number of aryl methyl sites for hydroxylation is 1. The van der Waals surface area contributed by atoms with Gasteiger partial charge in [0.15, 0.2) is 0 Å². The summed E-state index contributed by atoms with van der Waals surface area (Å²) in [6, 6.07) is 7.88. The molecule has 0 radical (unpaired) electrons. The van der Waals surface area contributed by atoms with E-state index in [4.69, 9.17) is 0 Å². The van der Waals surface area contributed by atoms with Crippen LogP contribution in [-0.2, 0) is 13.0 Å². The lowest BCUT2D eigenvalue weighted by Gasteiger charge is -2.05. The largest absolute Gasteiger partial charge is 0.314 e. The molecule has 2 rings (SSSR count). The van der Waals surface area contributed by atoms with E-state index in [2.05, 4.69) is 20.3 Å². The fraction of sp³-hybridized carbons (Fsp3) is 0.308. The van der Waals surface area contributed by atoms with Crippen LogP contribution in [0, 0.1) is 6.92 Å². The van der Waals surface area contributed by atoms with Crippen LogP contribution in [0.5, 0.6) is 0 Å². The van der Waals surface area contributed by atoms with Gasteiger partial charge in [-0.3, -0.25) is 4.98 Å². The Kier molecular flexibility index (Phi) is 3.77. The molecule has 0 aromatic carbocycles. The van der Waals surface area contributed by atoms with Crippen LogP contribution < -0.4 is 5.32 Å². The summed E-state index contributed by atoms with van der Waals surface area (Å²) in [6.07, 6.45) is 2.47. The first-order valence-corrected chi connectivity index (χ1v) is 5.66. The van der Waals surface area contributed by atoms with E-state index in [1.807, 2.05) is 38.2 Å². The van der Waals surface area contributed by atoms with Crippen LogP contribution in [0.15, 0.2) is 30.5 Å². The van der Waals surface area contributed by atoms with Crippen molar-refractivity contribution in [1.82, 2.24) is 20.3 Å². The van der Waals surface area contributed by atoms with Gasteiger partial charge in [-0.05, 0) is 32.2 Å². The highest BCUT2D eigenvalue weighted by molar-refractivity contribution is 5.15. The minimum atomic E-state index is 0.680. The van der Waals surface area contributed by atoms with Crippen molar-refractivity contribution in [3.63, 3.8) is 0 Å². The predicted molar refractivity (Wildman–Crippen MR) is 66.6 cm³/mol. The minimum absolute atomic E-state index is 0.680. The topological polar surface area (TPSA) is 50.7 Å². The van der Waals surface area contributed by atoms with Crippen molar-refractivity contribution < 1.29 is 0 Å². The van der Waals surface area contributed by atoms with Crippen LogP contribution in [0.25, 0.3) is 0 Å². The summed E-state index contributed by atoms with van der Waals surface area (Å²) in [6.45, 7) is 2.75. The lowest BCUT2D eigenvalue weighted by Crippen LogP contribution is -2.10. The fourth-order valence-corrected chi connectivity index (χ4v) is 1.72. The van der Waals surface area contributed by atoms with Crippen molar-refractivity contribution >= 4 is 0 Å². The molecular weight excluding hydrogens is 212 g/mol. The zero-order chi connectivity index (χ0) is 12.1. The second kappa shape index (κ2) is 5.50. The van der Waals surface area contributed by atoms with Crippen LogP contribution in [0.1, 0.15) is 22.9 Å². The van der Waals surface area contributed by atoms with Crippen molar-refractivity contribution in [2.45, 2.75) is 19.9 Å². The van der Waals surface area contributed by atoms with E-state index in [0.717, 1.165) is 29.5 Å². The maximum absolute atomic E-state index is 4.50. The molecule has 0 aliphatic rings. The minimum Gasteiger partial charge on any atom is -0.314 e. The average molecular weight is 228 g/mol.